The fourth-order valence-corrected chi connectivity index (χ4v) is 2.82. The van der Waals surface area contributed by atoms with Gasteiger partial charge in [-0.05, 0) is 35.7 Å². The van der Waals surface area contributed by atoms with Crippen LogP contribution in [0.2, 0.25) is 0 Å². The van der Waals surface area contributed by atoms with E-state index in [1.165, 1.54) is 23.9 Å². The molecule has 0 atom stereocenters. The molecule has 6 nitrogen and oxygen atoms in total. The number of rotatable bonds is 3. The molecule has 106 valence electrons. The molecule has 2 amide bonds. The fraction of sp³-hybridized carbons (Fsp3) is 0. The minimum absolute atomic E-state index is 0.272. The SMILES string of the molecule is O=C(Nc1ccc2sc(C(=O)NO)cc2c1)c1ccoc1. The van der Waals surface area contributed by atoms with Gasteiger partial charge in [-0.15, -0.1) is 11.3 Å². The zero-order valence-electron chi connectivity index (χ0n) is 10.6. The monoisotopic (exact) mass is 302 g/mol. The lowest BCUT2D eigenvalue weighted by molar-refractivity contribution is 0.0711. The van der Waals surface area contributed by atoms with Crippen molar-refractivity contribution in [1.29, 1.82) is 0 Å². The smallest absolute Gasteiger partial charge is 0.284 e. The number of furan rings is 1. The number of hydrogen-bond donors (Lipinski definition) is 3. The Kier molecular flexibility index (Phi) is 3.43. The van der Waals surface area contributed by atoms with Crippen LogP contribution in [0.25, 0.3) is 10.1 Å². The molecule has 0 bridgehead atoms. The predicted octanol–water partition coefficient (Wildman–Crippen LogP) is 2.87. The number of hydroxylamine groups is 1. The maximum atomic E-state index is 11.9. The van der Waals surface area contributed by atoms with Crippen LogP contribution < -0.4 is 10.8 Å². The lowest BCUT2D eigenvalue weighted by atomic mass is 10.2. The van der Waals surface area contributed by atoms with Crippen LogP contribution in [0.15, 0.2) is 47.3 Å². The van der Waals surface area contributed by atoms with Gasteiger partial charge >= 0.3 is 0 Å². The molecule has 0 fully saturated rings. The third kappa shape index (κ3) is 2.64. The van der Waals surface area contributed by atoms with Crippen LogP contribution in [-0.2, 0) is 0 Å². The number of fused-ring (bicyclic) bond motifs is 1. The Morgan fingerprint density at radius 3 is 2.71 bits per heavy atom. The Balaban J connectivity index is 1.87. The van der Waals surface area contributed by atoms with Gasteiger partial charge < -0.3 is 9.73 Å². The van der Waals surface area contributed by atoms with Crippen molar-refractivity contribution in [2.24, 2.45) is 0 Å². The number of carbonyl (C=O) groups excluding carboxylic acids is 2. The van der Waals surface area contributed by atoms with E-state index in [9.17, 15) is 9.59 Å². The molecule has 21 heavy (non-hydrogen) atoms. The average Bonchev–Trinajstić information content (AvgIpc) is 3.15. The topological polar surface area (TPSA) is 91.6 Å². The summed E-state index contributed by atoms with van der Waals surface area (Å²) in [5.41, 5.74) is 2.64. The number of benzene rings is 1. The third-order valence-electron chi connectivity index (χ3n) is 2.88. The number of nitrogens with one attached hydrogen (secondary N) is 2. The maximum Gasteiger partial charge on any atom is 0.284 e. The second-order valence-corrected chi connectivity index (χ2v) is 5.35. The summed E-state index contributed by atoms with van der Waals surface area (Å²) in [6.07, 6.45) is 2.79. The first-order valence-corrected chi connectivity index (χ1v) is 6.80. The molecule has 0 radical (unpaired) electrons. The molecule has 3 N–H and O–H groups in total. The molecule has 7 heteroatoms. The van der Waals surface area contributed by atoms with Gasteiger partial charge in [-0.2, -0.15) is 0 Å². The summed E-state index contributed by atoms with van der Waals surface area (Å²) in [7, 11) is 0. The normalized spacial score (nSPS) is 10.5. The van der Waals surface area contributed by atoms with Crippen LogP contribution in [0, 0.1) is 0 Å². The molecule has 0 unspecified atom stereocenters. The van der Waals surface area contributed by atoms with Crippen molar-refractivity contribution in [1.82, 2.24) is 5.48 Å². The van der Waals surface area contributed by atoms with Crippen molar-refractivity contribution in [3.8, 4) is 0 Å². The molecule has 0 aliphatic heterocycles. The van der Waals surface area contributed by atoms with Crippen molar-refractivity contribution >= 4 is 38.9 Å². The van der Waals surface area contributed by atoms with Crippen LogP contribution >= 0.6 is 11.3 Å². The van der Waals surface area contributed by atoms with E-state index in [0.717, 1.165) is 10.1 Å². The molecule has 2 heterocycles. The van der Waals surface area contributed by atoms with Gasteiger partial charge in [0, 0.05) is 10.4 Å². The highest BCUT2D eigenvalue weighted by Crippen LogP contribution is 2.28. The maximum absolute atomic E-state index is 11.9. The summed E-state index contributed by atoms with van der Waals surface area (Å²) in [4.78, 5) is 23.7. The van der Waals surface area contributed by atoms with E-state index < -0.39 is 5.91 Å². The van der Waals surface area contributed by atoms with E-state index in [2.05, 4.69) is 5.32 Å². The van der Waals surface area contributed by atoms with E-state index in [0.29, 0.717) is 16.1 Å². The first kappa shape index (κ1) is 13.3. The Morgan fingerprint density at radius 1 is 1.14 bits per heavy atom. The summed E-state index contributed by atoms with van der Waals surface area (Å²) in [6, 6.07) is 8.54. The molecule has 1 aromatic carbocycles. The second kappa shape index (κ2) is 5.39. The van der Waals surface area contributed by atoms with E-state index in [1.54, 1.807) is 35.8 Å². The first-order chi connectivity index (χ1) is 10.2. The van der Waals surface area contributed by atoms with Crippen molar-refractivity contribution in [3.63, 3.8) is 0 Å². The average molecular weight is 302 g/mol. The molecule has 0 aliphatic rings. The van der Waals surface area contributed by atoms with Gasteiger partial charge in [0.1, 0.15) is 6.26 Å². The fourth-order valence-electron chi connectivity index (χ4n) is 1.89. The van der Waals surface area contributed by atoms with Crippen molar-refractivity contribution in [2.45, 2.75) is 0 Å². The second-order valence-electron chi connectivity index (χ2n) is 4.27. The molecular weight excluding hydrogens is 292 g/mol. The van der Waals surface area contributed by atoms with Crippen LogP contribution in [-0.4, -0.2) is 17.0 Å². The van der Waals surface area contributed by atoms with Gasteiger partial charge in [-0.25, -0.2) is 5.48 Å². The number of anilines is 1. The Labute approximate surface area is 123 Å². The van der Waals surface area contributed by atoms with Crippen LogP contribution in [0.3, 0.4) is 0 Å². The van der Waals surface area contributed by atoms with Crippen molar-refractivity contribution < 1.29 is 19.2 Å². The van der Waals surface area contributed by atoms with Gasteiger partial charge in [0.15, 0.2) is 0 Å². The molecule has 0 aliphatic carbocycles. The minimum atomic E-state index is -0.555. The molecular formula is C14H10N2O4S. The van der Waals surface area contributed by atoms with E-state index in [4.69, 9.17) is 9.62 Å². The zero-order valence-corrected chi connectivity index (χ0v) is 11.4. The van der Waals surface area contributed by atoms with Crippen molar-refractivity contribution in [3.05, 3.63) is 53.3 Å². The predicted molar refractivity (Wildman–Crippen MR) is 77.7 cm³/mol. The summed E-state index contributed by atoms with van der Waals surface area (Å²) in [5.74, 6) is -0.827. The molecule has 0 saturated carbocycles. The highest BCUT2D eigenvalue weighted by atomic mass is 32.1. The quantitative estimate of drug-likeness (QED) is 0.512. The summed E-state index contributed by atoms with van der Waals surface area (Å²) >= 11 is 1.26. The Morgan fingerprint density at radius 2 is 2.00 bits per heavy atom. The lowest BCUT2D eigenvalue weighted by Crippen LogP contribution is -2.16. The summed E-state index contributed by atoms with van der Waals surface area (Å²) in [6.45, 7) is 0. The molecule has 3 rings (SSSR count). The number of thiophene rings is 1. The first-order valence-electron chi connectivity index (χ1n) is 5.99. The lowest BCUT2D eigenvalue weighted by Gasteiger charge is -2.03. The largest absolute Gasteiger partial charge is 0.472 e. The summed E-state index contributed by atoms with van der Waals surface area (Å²) in [5, 5.41) is 12.2. The molecule has 3 aromatic rings. The van der Waals surface area contributed by atoms with Gasteiger partial charge in [0.25, 0.3) is 11.8 Å². The standard InChI is InChI=1S/C14H10N2O4S/c17-13(8-3-4-20-7-8)15-10-1-2-11-9(5-10)6-12(21-11)14(18)16-19/h1-7,19H,(H,15,17)(H,16,18). The van der Waals surface area contributed by atoms with Crippen molar-refractivity contribution in [2.75, 3.05) is 5.32 Å². The Hall–Kier alpha value is -2.64. The molecule has 0 spiro atoms. The van der Waals surface area contributed by atoms with Gasteiger partial charge in [0.05, 0.1) is 16.7 Å². The van der Waals surface area contributed by atoms with E-state index >= 15 is 0 Å². The highest BCUT2D eigenvalue weighted by molar-refractivity contribution is 7.20. The van der Waals surface area contributed by atoms with Gasteiger partial charge in [0.2, 0.25) is 0 Å². The third-order valence-corrected chi connectivity index (χ3v) is 4.00. The molecule has 2 aromatic heterocycles. The number of carbonyl (C=O) groups is 2. The van der Waals surface area contributed by atoms with E-state index in [1.807, 2.05) is 0 Å². The number of amides is 2. The highest BCUT2D eigenvalue weighted by Gasteiger charge is 2.11. The van der Waals surface area contributed by atoms with Gasteiger partial charge in [-0.1, -0.05) is 0 Å². The van der Waals surface area contributed by atoms with Gasteiger partial charge in [-0.3, -0.25) is 14.8 Å². The minimum Gasteiger partial charge on any atom is -0.472 e. The number of hydrogen-bond acceptors (Lipinski definition) is 5. The van der Waals surface area contributed by atoms with Crippen LogP contribution in [0.1, 0.15) is 20.0 Å². The Bertz CT molecular complexity index is 808. The van der Waals surface area contributed by atoms with Crippen LogP contribution in [0.4, 0.5) is 5.69 Å². The summed E-state index contributed by atoms with van der Waals surface area (Å²) < 4.78 is 5.74. The van der Waals surface area contributed by atoms with E-state index in [-0.39, 0.29) is 5.91 Å². The zero-order chi connectivity index (χ0) is 14.8. The molecule has 0 saturated heterocycles. The van der Waals surface area contributed by atoms with Crippen LogP contribution in [0.5, 0.6) is 0 Å².